The van der Waals surface area contributed by atoms with Crippen molar-refractivity contribution in [3.8, 4) is 16.9 Å². The Morgan fingerprint density at radius 1 is 1.00 bits per heavy atom. The van der Waals surface area contributed by atoms with Crippen molar-refractivity contribution in [2.75, 3.05) is 6.54 Å². The van der Waals surface area contributed by atoms with Gasteiger partial charge >= 0.3 is 0 Å². The molecule has 0 saturated heterocycles. The Morgan fingerprint density at radius 3 is 2.48 bits per heavy atom. The number of carbonyl (C=O) groups is 1. The van der Waals surface area contributed by atoms with E-state index in [1.165, 1.54) is 5.56 Å². The first-order chi connectivity index (χ1) is 15.0. The van der Waals surface area contributed by atoms with Crippen molar-refractivity contribution >= 4 is 16.8 Å². The molecule has 0 aliphatic rings. The van der Waals surface area contributed by atoms with Gasteiger partial charge in [0.2, 0.25) is 0 Å². The summed E-state index contributed by atoms with van der Waals surface area (Å²) in [5, 5.41) is 8.53. The van der Waals surface area contributed by atoms with Gasteiger partial charge in [0.05, 0.1) is 34.4 Å². The topological polar surface area (TPSA) is 59.8 Å². The standard InChI is InChI=1S/C26H28N4O/c1-5-6-13-27-26(31)22-15-25(29-24-12-9-18(3)14-21(22)24)23-16-28-30(19(23)4)20-10-7-17(2)8-11-20/h7-12,14-16H,5-6,13H2,1-4H3,(H,27,31). The van der Waals surface area contributed by atoms with Gasteiger partial charge in [0.1, 0.15) is 0 Å². The van der Waals surface area contributed by atoms with Crippen molar-refractivity contribution < 1.29 is 4.79 Å². The van der Waals surface area contributed by atoms with Crippen LogP contribution in [0.25, 0.3) is 27.8 Å². The molecule has 4 rings (SSSR count). The van der Waals surface area contributed by atoms with Gasteiger partial charge in [-0.25, -0.2) is 9.67 Å². The molecule has 1 amide bonds. The van der Waals surface area contributed by atoms with E-state index in [9.17, 15) is 4.79 Å². The Hall–Kier alpha value is -3.47. The third kappa shape index (κ3) is 4.22. The lowest BCUT2D eigenvalue weighted by Gasteiger charge is -2.11. The van der Waals surface area contributed by atoms with Crippen molar-refractivity contribution in [2.45, 2.75) is 40.5 Å². The molecule has 0 atom stereocenters. The van der Waals surface area contributed by atoms with Gasteiger partial charge in [-0.3, -0.25) is 4.79 Å². The molecule has 1 N–H and O–H groups in total. The number of unbranched alkanes of at least 4 members (excludes halogenated alkanes) is 1. The average molecular weight is 413 g/mol. The molecule has 2 aromatic heterocycles. The second kappa shape index (κ2) is 8.72. The van der Waals surface area contributed by atoms with Crippen LogP contribution in [0.4, 0.5) is 0 Å². The minimum Gasteiger partial charge on any atom is -0.352 e. The molecule has 0 spiro atoms. The molecular formula is C26H28N4O. The number of rotatable bonds is 6. The summed E-state index contributed by atoms with van der Waals surface area (Å²) in [6, 6.07) is 16.2. The van der Waals surface area contributed by atoms with Crippen LogP contribution in [0.3, 0.4) is 0 Å². The van der Waals surface area contributed by atoms with Crippen LogP contribution in [0.15, 0.2) is 54.7 Å². The zero-order valence-corrected chi connectivity index (χ0v) is 18.6. The molecular weight excluding hydrogens is 384 g/mol. The minimum absolute atomic E-state index is 0.0590. The lowest BCUT2D eigenvalue weighted by molar-refractivity contribution is 0.0955. The van der Waals surface area contributed by atoms with E-state index in [4.69, 9.17) is 4.98 Å². The number of amides is 1. The second-order valence-corrected chi connectivity index (χ2v) is 8.08. The van der Waals surface area contributed by atoms with Crippen molar-refractivity contribution in [3.63, 3.8) is 0 Å². The zero-order valence-electron chi connectivity index (χ0n) is 18.6. The van der Waals surface area contributed by atoms with Gasteiger partial charge in [0, 0.05) is 17.5 Å². The molecule has 0 radical (unpaired) electrons. The average Bonchev–Trinajstić information content (AvgIpc) is 3.15. The molecule has 2 aromatic carbocycles. The molecule has 0 saturated carbocycles. The maximum absolute atomic E-state index is 13.0. The van der Waals surface area contributed by atoms with Crippen molar-refractivity contribution in [1.82, 2.24) is 20.1 Å². The molecule has 5 heteroatoms. The summed E-state index contributed by atoms with van der Waals surface area (Å²) in [6.07, 6.45) is 3.83. The van der Waals surface area contributed by atoms with Gasteiger partial charge in [-0.05, 0) is 57.5 Å². The summed E-state index contributed by atoms with van der Waals surface area (Å²) in [7, 11) is 0. The van der Waals surface area contributed by atoms with Crippen LogP contribution in [0.2, 0.25) is 0 Å². The van der Waals surface area contributed by atoms with Crippen molar-refractivity contribution in [1.29, 1.82) is 0 Å². The molecule has 158 valence electrons. The summed E-state index contributed by atoms with van der Waals surface area (Å²) >= 11 is 0. The van der Waals surface area contributed by atoms with E-state index in [1.807, 2.05) is 49.0 Å². The maximum Gasteiger partial charge on any atom is 0.252 e. The SMILES string of the molecule is CCCCNC(=O)c1cc(-c2cnn(-c3ccc(C)cc3)c2C)nc2ccc(C)cc12. The first-order valence-corrected chi connectivity index (χ1v) is 10.8. The number of pyridine rings is 1. The second-order valence-electron chi connectivity index (χ2n) is 8.08. The highest BCUT2D eigenvalue weighted by Crippen LogP contribution is 2.29. The van der Waals surface area contributed by atoms with E-state index < -0.39 is 0 Å². The number of aromatic nitrogens is 3. The van der Waals surface area contributed by atoms with E-state index in [-0.39, 0.29) is 5.91 Å². The van der Waals surface area contributed by atoms with Crippen molar-refractivity contribution in [3.05, 3.63) is 77.1 Å². The fourth-order valence-electron chi connectivity index (χ4n) is 3.75. The van der Waals surface area contributed by atoms with Crippen LogP contribution in [0.1, 0.15) is 46.9 Å². The Labute approximate surface area is 183 Å². The van der Waals surface area contributed by atoms with Gasteiger partial charge < -0.3 is 5.32 Å². The Balaban J connectivity index is 1.80. The molecule has 0 aliphatic heterocycles. The highest BCUT2D eigenvalue weighted by Gasteiger charge is 2.17. The van der Waals surface area contributed by atoms with Gasteiger partial charge in [0.15, 0.2) is 0 Å². The monoisotopic (exact) mass is 412 g/mol. The van der Waals surface area contributed by atoms with E-state index in [1.54, 1.807) is 0 Å². The van der Waals surface area contributed by atoms with Gasteiger partial charge in [-0.15, -0.1) is 0 Å². The highest BCUT2D eigenvalue weighted by atomic mass is 16.1. The maximum atomic E-state index is 13.0. The third-order valence-corrected chi connectivity index (χ3v) is 5.59. The number of nitrogens with one attached hydrogen (secondary N) is 1. The number of benzene rings is 2. The van der Waals surface area contributed by atoms with E-state index in [0.29, 0.717) is 12.1 Å². The summed E-state index contributed by atoms with van der Waals surface area (Å²) in [5.74, 6) is -0.0590. The Bertz CT molecular complexity index is 1240. The van der Waals surface area contributed by atoms with Crippen LogP contribution >= 0.6 is 0 Å². The fraction of sp³-hybridized carbons (Fsp3) is 0.269. The zero-order chi connectivity index (χ0) is 22.0. The molecule has 2 heterocycles. The van der Waals surface area contributed by atoms with E-state index in [0.717, 1.165) is 51.9 Å². The Morgan fingerprint density at radius 2 is 1.74 bits per heavy atom. The quantitative estimate of drug-likeness (QED) is 0.423. The highest BCUT2D eigenvalue weighted by molar-refractivity contribution is 6.07. The predicted molar refractivity (Wildman–Crippen MR) is 126 cm³/mol. The van der Waals surface area contributed by atoms with Crippen LogP contribution in [-0.4, -0.2) is 27.2 Å². The number of nitrogens with zero attached hydrogens (tertiary/aromatic N) is 3. The minimum atomic E-state index is -0.0590. The molecule has 0 unspecified atom stereocenters. The number of hydrogen-bond acceptors (Lipinski definition) is 3. The number of fused-ring (bicyclic) bond motifs is 1. The van der Waals surface area contributed by atoms with Gasteiger partial charge in [-0.2, -0.15) is 5.10 Å². The van der Waals surface area contributed by atoms with Gasteiger partial charge in [-0.1, -0.05) is 42.7 Å². The lowest BCUT2D eigenvalue weighted by Crippen LogP contribution is -2.24. The summed E-state index contributed by atoms with van der Waals surface area (Å²) in [6.45, 7) is 8.92. The molecule has 0 fully saturated rings. The third-order valence-electron chi connectivity index (χ3n) is 5.59. The summed E-state index contributed by atoms with van der Waals surface area (Å²) in [5.41, 5.74) is 7.45. The summed E-state index contributed by atoms with van der Waals surface area (Å²) in [4.78, 5) is 17.9. The first-order valence-electron chi connectivity index (χ1n) is 10.8. The van der Waals surface area contributed by atoms with Crippen LogP contribution in [0.5, 0.6) is 0 Å². The molecule has 0 aliphatic carbocycles. The summed E-state index contributed by atoms with van der Waals surface area (Å²) < 4.78 is 1.91. The number of aryl methyl sites for hydroxylation is 2. The molecule has 4 aromatic rings. The molecule has 31 heavy (non-hydrogen) atoms. The van der Waals surface area contributed by atoms with Crippen LogP contribution in [-0.2, 0) is 0 Å². The predicted octanol–water partition coefficient (Wildman–Crippen LogP) is 5.54. The normalized spacial score (nSPS) is 11.1. The fourth-order valence-corrected chi connectivity index (χ4v) is 3.75. The molecule has 5 nitrogen and oxygen atoms in total. The molecule has 0 bridgehead atoms. The van der Waals surface area contributed by atoms with E-state index >= 15 is 0 Å². The van der Waals surface area contributed by atoms with Crippen LogP contribution < -0.4 is 5.32 Å². The van der Waals surface area contributed by atoms with Crippen molar-refractivity contribution in [2.24, 2.45) is 0 Å². The Kier molecular flexibility index (Phi) is 5.85. The van der Waals surface area contributed by atoms with Gasteiger partial charge in [0.25, 0.3) is 5.91 Å². The van der Waals surface area contributed by atoms with Crippen LogP contribution in [0, 0.1) is 20.8 Å². The number of hydrogen-bond donors (Lipinski definition) is 1. The lowest BCUT2D eigenvalue weighted by atomic mass is 10.0. The first kappa shape index (κ1) is 20.8. The van der Waals surface area contributed by atoms with E-state index in [2.05, 4.69) is 48.5 Å². The smallest absolute Gasteiger partial charge is 0.252 e. The number of carbonyl (C=O) groups excluding carboxylic acids is 1. The largest absolute Gasteiger partial charge is 0.352 e.